The van der Waals surface area contributed by atoms with Gasteiger partial charge in [0, 0.05) is 13.1 Å². The van der Waals surface area contributed by atoms with Crippen LogP contribution < -0.4 is 5.32 Å². The first-order chi connectivity index (χ1) is 11.2. The van der Waals surface area contributed by atoms with E-state index in [-0.39, 0.29) is 24.6 Å². The lowest BCUT2D eigenvalue weighted by Gasteiger charge is -2.30. The summed E-state index contributed by atoms with van der Waals surface area (Å²) in [5.41, 5.74) is 1.00. The molecule has 0 radical (unpaired) electrons. The van der Waals surface area contributed by atoms with Crippen molar-refractivity contribution in [2.24, 2.45) is 0 Å². The third-order valence-corrected chi connectivity index (χ3v) is 4.79. The average molecular weight is 324 g/mol. The standard InChI is InChI=1S/C17H25FN2O3/c18-13-5-3-12(4-6-13)9-19-10-14-16(20-7-1-2-8-20)17(22)15(11-21)23-14/h3-6,14-17,19,21-22H,1-2,7-11H2/t14-,15+,16+,17-/m1/s1. The fourth-order valence-corrected chi connectivity index (χ4v) is 3.60. The molecule has 0 spiro atoms. The number of halogens is 1. The molecule has 0 aromatic heterocycles. The summed E-state index contributed by atoms with van der Waals surface area (Å²) in [7, 11) is 0. The molecule has 0 bridgehead atoms. The second kappa shape index (κ2) is 7.68. The molecule has 23 heavy (non-hydrogen) atoms. The van der Waals surface area contributed by atoms with Crippen LogP contribution in [0.15, 0.2) is 24.3 Å². The Morgan fingerprint density at radius 2 is 1.87 bits per heavy atom. The Morgan fingerprint density at radius 1 is 1.17 bits per heavy atom. The van der Waals surface area contributed by atoms with Gasteiger partial charge >= 0.3 is 0 Å². The highest BCUT2D eigenvalue weighted by Gasteiger charge is 2.46. The topological polar surface area (TPSA) is 65.0 Å². The van der Waals surface area contributed by atoms with Gasteiger partial charge < -0.3 is 20.3 Å². The quantitative estimate of drug-likeness (QED) is 0.711. The first-order valence-corrected chi connectivity index (χ1v) is 8.32. The summed E-state index contributed by atoms with van der Waals surface area (Å²) in [4.78, 5) is 2.27. The molecule has 3 N–H and O–H groups in total. The second-order valence-electron chi connectivity index (χ2n) is 6.38. The number of aliphatic hydroxyl groups excluding tert-OH is 2. The Balaban J connectivity index is 1.57. The number of nitrogens with zero attached hydrogens (tertiary/aromatic N) is 1. The normalized spacial score (nSPS) is 31.8. The molecule has 6 heteroatoms. The van der Waals surface area contributed by atoms with Gasteiger partial charge in [0.25, 0.3) is 0 Å². The lowest BCUT2D eigenvalue weighted by molar-refractivity contribution is -0.0213. The largest absolute Gasteiger partial charge is 0.394 e. The molecule has 4 atom stereocenters. The molecule has 0 unspecified atom stereocenters. The third kappa shape index (κ3) is 3.89. The highest BCUT2D eigenvalue weighted by molar-refractivity contribution is 5.15. The number of benzene rings is 1. The summed E-state index contributed by atoms with van der Waals surface area (Å²) in [6.45, 7) is 2.98. The van der Waals surface area contributed by atoms with Crippen molar-refractivity contribution in [3.05, 3.63) is 35.6 Å². The Morgan fingerprint density at radius 3 is 2.52 bits per heavy atom. The minimum Gasteiger partial charge on any atom is -0.394 e. The number of rotatable bonds is 6. The van der Waals surface area contributed by atoms with Crippen molar-refractivity contribution in [3.8, 4) is 0 Å². The van der Waals surface area contributed by atoms with Crippen LogP contribution in [0.25, 0.3) is 0 Å². The van der Waals surface area contributed by atoms with Crippen LogP contribution in [0.1, 0.15) is 18.4 Å². The Bertz CT molecular complexity index is 493. The van der Waals surface area contributed by atoms with E-state index in [0.29, 0.717) is 13.1 Å². The van der Waals surface area contributed by atoms with E-state index in [2.05, 4.69) is 10.2 Å². The average Bonchev–Trinajstić information content (AvgIpc) is 3.17. The molecule has 3 rings (SSSR count). The minimum absolute atomic E-state index is 0.0737. The SMILES string of the molecule is OC[C@@H]1O[C@H](CNCc2ccc(F)cc2)[C@H](N2CCCC2)[C@@H]1O. The molecule has 5 nitrogen and oxygen atoms in total. The number of likely N-dealkylation sites (tertiary alicyclic amines) is 1. The van der Waals surface area contributed by atoms with Gasteiger partial charge in [-0.15, -0.1) is 0 Å². The number of nitrogens with one attached hydrogen (secondary N) is 1. The monoisotopic (exact) mass is 324 g/mol. The Kier molecular flexibility index (Phi) is 5.61. The molecule has 2 heterocycles. The summed E-state index contributed by atoms with van der Waals surface area (Å²) >= 11 is 0. The number of aliphatic hydroxyl groups is 2. The molecule has 0 saturated carbocycles. The van der Waals surface area contributed by atoms with Gasteiger partial charge in [-0.2, -0.15) is 0 Å². The summed E-state index contributed by atoms with van der Waals surface area (Å²) in [6, 6.07) is 6.32. The first-order valence-electron chi connectivity index (χ1n) is 8.32. The van der Waals surface area contributed by atoms with Crippen molar-refractivity contribution < 1.29 is 19.3 Å². The van der Waals surface area contributed by atoms with Crippen molar-refractivity contribution in [1.82, 2.24) is 10.2 Å². The molecule has 128 valence electrons. The molecule has 0 amide bonds. The van der Waals surface area contributed by atoms with Gasteiger partial charge in [0.15, 0.2) is 0 Å². The lowest BCUT2D eigenvalue weighted by atomic mass is 10.0. The van der Waals surface area contributed by atoms with Crippen molar-refractivity contribution in [3.63, 3.8) is 0 Å². The van der Waals surface area contributed by atoms with Crippen molar-refractivity contribution in [2.75, 3.05) is 26.2 Å². The maximum Gasteiger partial charge on any atom is 0.123 e. The van der Waals surface area contributed by atoms with Crippen LogP contribution in [-0.4, -0.2) is 65.7 Å². The first kappa shape index (κ1) is 16.8. The fraction of sp³-hybridized carbons (Fsp3) is 0.647. The highest BCUT2D eigenvalue weighted by Crippen LogP contribution is 2.28. The molecule has 1 aromatic carbocycles. The van der Waals surface area contributed by atoms with Gasteiger partial charge in [-0.1, -0.05) is 12.1 Å². The molecule has 2 fully saturated rings. The van der Waals surface area contributed by atoms with E-state index in [1.165, 1.54) is 12.1 Å². The molecule has 1 aromatic rings. The van der Waals surface area contributed by atoms with E-state index < -0.39 is 12.2 Å². The van der Waals surface area contributed by atoms with Gasteiger partial charge in [-0.25, -0.2) is 4.39 Å². The van der Waals surface area contributed by atoms with E-state index in [0.717, 1.165) is 31.5 Å². The second-order valence-corrected chi connectivity index (χ2v) is 6.38. The van der Waals surface area contributed by atoms with Crippen LogP contribution in [0.4, 0.5) is 4.39 Å². The van der Waals surface area contributed by atoms with Gasteiger partial charge in [0.05, 0.1) is 18.8 Å². The predicted octanol–water partition coefficient (Wildman–Crippen LogP) is 0.500. The molecular weight excluding hydrogens is 299 g/mol. The van der Waals surface area contributed by atoms with E-state index >= 15 is 0 Å². The van der Waals surface area contributed by atoms with E-state index in [4.69, 9.17) is 4.74 Å². The number of hydrogen-bond acceptors (Lipinski definition) is 5. The number of hydrogen-bond donors (Lipinski definition) is 3. The predicted molar refractivity (Wildman–Crippen MR) is 84.5 cm³/mol. The van der Waals surface area contributed by atoms with E-state index in [1.807, 2.05) is 0 Å². The van der Waals surface area contributed by atoms with E-state index in [1.54, 1.807) is 12.1 Å². The van der Waals surface area contributed by atoms with Crippen LogP contribution >= 0.6 is 0 Å². The zero-order valence-corrected chi connectivity index (χ0v) is 13.2. The Hall–Kier alpha value is -1.05. The van der Waals surface area contributed by atoms with Crippen molar-refractivity contribution >= 4 is 0 Å². The van der Waals surface area contributed by atoms with Crippen LogP contribution in [0.5, 0.6) is 0 Å². The molecular formula is C17H25FN2O3. The van der Waals surface area contributed by atoms with Crippen molar-refractivity contribution in [1.29, 1.82) is 0 Å². The van der Waals surface area contributed by atoms with Crippen molar-refractivity contribution in [2.45, 2.75) is 43.7 Å². The maximum atomic E-state index is 12.9. The number of ether oxygens (including phenoxy) is 1. The van der Waals surface area contributed by atoms with Gasteiger partial charge in [0.2, 0.25) is 0 Å². The van der Waals surface area contributed by atoms with Crippen LogP contribution in [0, 0.1) is 5.82 Å². The minimum atomic E-state index is -0.657. The summed E-state index contributed by atoms with van der Waals surface area (Å²) in [6.07, 6.45) is 0.959. The van der Waals surface area contributed by atoms with Crippen LogP contribution in [0.2, 0.25) is 0 Å². The zero-order chi connectivity index (χ0) is 16.2. The van der Waals surface area contributed by atoms with E-state index in [9.17, 15) is 14.6 Å². The molecule has 2 aliphatic rings. The molecule has 0 aliphatic carbocycles. The van der Waals surface area contributed by atoms with Gasteiger partial charge in [0.1, 0.15) is 18.0 Å². The maximum absolute atomic E-state index is 12.9. The van der Waals surface area contributed by atoms with Gasteiger partial charge in [-0.05, 0) is 43.6 Å². The summed E-state index contributed by atoms with van der Waals surface area (Å²) in [5, 5.41) is 23.1. The lowest BCUT2D eigenvalue weighted by Crippen LogP contribution is -2.49. The third-order valence-electron chi connectivity index (χ3n) is 4.79. The van der Waals surface area contributed by atoms with Crippen LogP contribution in [0.3, 0.4) is 0 Å². The van der Waals surface area contributed by atoms with Gasteiger partial charge in [-0.3, -0.25) is 4.90 Å². The smallest absolute Gasteiger partial charge is 0.123 e. The highest BCUT2D eigenvalue weighted by atomic mass is 19.1. The van der Waals surface area contributed by atoms with Crippen LogP contribution in [-0.2, 0) is 11.3 Å². The molecule has 2 saturated heterocycles. The fourth-order valence-electron chi connectivity index (χ4n) is 3.60. The Labute approximate surface area is 136 Å². The summed E-state index contributed by atoms with van der Waals surface area (Å²) in [5.74, 6) is -0.240. The molecule has 2 aliphatic heterocycles. The summed E-state index contributed by atoms with van der Waals surface area (Å²) < 4.78 is 18.7. The zero-order valence-electron chi connectivity index (χ0n) is 13.2.